The summed E-state index contributed by atoms with van der Waals surface area (Å²) in [5.74, 6) is 0. The average molecular weight is 293 g/mol. The van der Waals surface area contributed by atoms with E-state index in [9.17, 15) is 13.2 Å². The van der Waals surface area contributed by atoms with Gasteiger partial charge in [0, 0.05) is 9.75 Å². The molecule has 2 aromatic rings. The Hall–Kier alpha value is -1.15. The molecule has 3 nitrogen and oxygen atoms in total. The van der Waals surface area contributed by atoms with Gasteiger partial charge in [0.15, 0.2) is 0 Å². The van der Waals surface area contributed by atoms with Crippen LogP contribution in [0.1, 0.15) is 21.7 Å². The minimum Gasteiger partial charge on any atom is -0.355 e. The maximum atomic E-state index is 12.3. The molecule has 2 aromatic heterocycles. The molecule has 0 aromatic carbocycles. The van der Waals surface area contributed by atoms with Crippen molar-refractivity contribution in [3.63, 3.8) is 0 Å². The number of hydrogen-bond donors (Lipinski definition) is 1. The Morgan fingerprint density at radius 1 is 1.17 bits per heavy atom. The molecule has 0 aliphatic heterocycles. The van der Waals surface area contributed by atoms with Crippen LogP contribution in [0.4, 0.5) is 18.3 Å². The van der Waals surface area contributed by atoms with Crippen molar-refractivity contribution >= 4 is 27.8 Å². The van der Waals surface area contributed by atoms with Gasteiger partial charge in [0.2, 0.25) is 10.1 Å². The number of thiophene rings is 1. The third kappa shape index (κ3) is 3.20. The topological polar surface area (TPSA) is 37.8 Å². The highest BCUT2D eigenvalue weighted by Gasteiger charge is 2.35. The maximum absolute atomic E-state index is 12.3. The molecule has 2 rings (SSSR count). The molecule has 0 atom stereocenters. The Labute approximate surface area is 110 Å². The van der Waals surface area contributed by atoms with Crippen molar-refractivity contribution in [1.29, 1.82) is 0 Å². The van der Waals surface area contributed by atoms with E-state index in [2.05, 4.69) is 22.4 Å². The first-order chi connectivity index (χ1) is 8.49. The molecular weight excluding hydrogens is 283 g/mol. The Kier molecular flexibility index (Phi) is 3.86. The lowest BCUT2D eigenvalue weighted by Gasteiger charge is -1.99. The van der Waals surface area contributed by atoms with Gasteiger partial charge in [-0.1, -0.05) is 18.3 Å². The summed E-state index contributed by atoms with van der Waals surface area (Å²) in [6.45, 7) is 2.53. The lowest BCUT2D eigenvalue weighted by molar-refractivity contribution is -0.138. The van der Waals surface area contributed by atoms with Crippen LogP contribution < -0.4 is 5.32 Å². The second kappa shape index (κ2) is 5.23. The summed E-state index contributed by atoms with van der Waals surface area (Å²) in [5, 5.41) is 8.68. The van der Waals surface area contributed by atoms with E-state index in [4.69, 9.17) is 0 Å². The Morgan fingerprint density at radius 2 is 1.89 bits per heavy atom. The molecule has 98 valence electrons. The second-order valence-corrected chi connectivity index (χ2v) is 5.72. The highest BCUT2D eigenvalue weighted by Crippen LogP contribution is 2.33. The minimum absolute atomic E-state index is 0.189. The third-order valence-electron chi connectivity index (χ3n) is 2.15. The summed E-state index contributed by atoms with van der Waals surface area (Å²) >= 11 is 2.15. The summed E-state index contributed by atoms with van der Waals surface area (Å²) in [6.07, 6.45) is -3.46. The fourth-order valence-corrected chi connectivity index (χ4v) is 2.78. The molecule has 0 fully saturated rings. The SMILES string of the molecule is CCc1ccc(CNc2nnc(C(F)(F)F)s2)s1. The Bertz CT molecular complexity index is 518. The molecule has 0 unspecified atom stereocenters. The summed E-state index contributed by atoms with van der Waals surface area (Å²) < 4.78 is 36.9. The number of nitrogens with zero attached hydrogens (tertiary/aromatic N) is 2. The van der Waals surface area contributed by atoms with Gasteiger partial charge in [-0.2, -0.15) is 13.2 Å². The van der Waals surface area contributed by atoms with Crippen LogP contribution >= 0.6 is 22.7 Å². The minimum atomic E-state index is -4.42. The van der Waals surface area contributed by atoms with Gasteiger partial charge in [-0.05, 0) is 18.6 Å². The molecule has 0 spiro atoms. The first kappa shape index (κ1) is 13.3. The zero-order chi connectivity index (χ0) is 13.2. The van der Waals surface area contributed by atoms with Gasteiger partial charge < -0.3 is 5.32 Å². The van der Waals surface area contributed by atoms with Crippen molar-refractivity contribution in [3.8, 4) is 0 Å². The molecule has 0 radical (unpaired) electrons. The smallest absolute Gasteiger partial charge is 0.355 e. The van der Waals surface area contributed by atoms with Crippen LogP contribution in [-0.4, -0.2) is 10.2 Å². The fourth-order valence-electron chi connectivity index (χ4n) is 1.28. The van der Waals surface area contributed by atoms with Crippen LogP contribution in [-0.2, 0) is 19.1 Å². The van der Waals surface area contributed by atoms with E-state index < -0.39 is 11.2 Å². The molecule has 0 saturated heterocycles. The van der Waals surface area contributed by atoms with Crippen molar-refractivity contribution < 1.29 is 13.2 Å². The fraction of sp³-hybridized carbons (Fsp3) is 0.400. The van der Waals surface area contributed by atoms with Crippen LogP contribution in [0, 0.1) is 0 Å². The molecular formula is C10H10F3N3S2. The van der Waals surface area contributed by atoms with Crippen molar-refractivity contribution in [2.45, 2.75) is 26.1 Å². The number of rotatable bonds is 4. The van der Waals surface area contributed by atoms with Gasteiger partial charge >= 0.3 is 6.18 Å². The molecule has 1 N–H and O–H groups in total. The molecule has 0 aliphatic rings. The Morgan fingerprint density at radius 3 is 2.44 bits per heavy atom. The van der Waals surface area contributed by atoms with Crippen LogP contribution in [0.2, 0.25) is 0 Å². The normalized spacial score (nSPS) is 11.8. The van der Waals surface area contributed by atoms with E-state index in [1.165, 1.54) is 4.88 Å². The molecule has 0 bridgehead atoms. The molecule has 0 saturated carbocycles. The van der Waals surface area contributed by atoms with Gasteiger partial charge in [-0.15, -0.1) is 21.5 Å². The zero-order valence-electron chi connectivity index (χ0n) is 9.41. The predicted molar refractivity (Wildman–Crippen MR) is 65.9 cm³/mol. The van der Waals surface area contributed by atoms with E-state index in [0.717, 1.165) is 11.3 Å². The van der Waals surface area contributed by atoms with Crippen LogP contribution in [0.5, 0.6) is 0 Å². The van der Waals surface area contributed by atoms with Gasteiger partial charge in [0.05, 0.1) is 6.54 Å². The number of alkyl halides is 3. The van der Waals surface area contributed by atoms with Gasteiger partial charge in [-0.3, -0.25) is 0 Å². The molecule has 8 heteroatoms. The first-order valence-corrected chi connectivity index (χ1v) is 6.84. The number of anilines is 1. The first-order valence-electron chi connectivity index (χ1n) is 5.21. The quantitative estimate of drug-likeness (QED) is 0.932. The van der Waals surface area contributed by atoms with Gasteiger partial charge in [0.1, 0.15) is 0 Å². The van der Waals surface area contributed by atoms with E-state index in [1.807, 2.05) is 12.1 Å². The van der Waals surface area contributed by atoms with E-state index in [-0.39, 0.29) is 5.13 Å². The number of nitrogens with one attached hydrogen (secondary N) is 1. The summed E-state index contributed by atoms with van der Waals surface area (Å²) in [7, 11) is 0. The third-order valence-corrected chi connectivity index (χ3v) is 4.30. The second-order valence-electron chi connectivity index (χ2n) is 3.49. The molecule has 2 heterocycles. The predicted octanol–water partition coefficient (Wildman–Crippen LogP) is 3.79. The van der Waals surface area contributed by atoms with Gasteiger partial charge in [-0.25, -0.2) is 0 Å². The highest BCUT2D eigenvalue weighted by atomic mass is 32.1. The number of hydrogen-bond acceptors (Lipinski definition) is 5. The van der Waals surface area contributed by atoms with Crippen LogP contribution in [0.15, 0.2) is 12.1 Å². The number of halogens is 3. The van der Waals surface area contributed by atoms with Crippen LogP contribution in [0.25, 0.3) is 0 Å². The molecule has 18 heavy (non-hydrogen) atoms. The summed E-state index contributed by atoms with van der Waals surface area (Å²) in [4.78, 5) is 2.32. The van der Waals surface area contributed by atoms with Crippen molar-refractivity contribution in [1.82, 2.24) is 10.2 Å². The van der Waals surface area contributed by atoms with E-state index >= 15 is 0 Å². The van der Waals surface area contributed by atoms with Crippen molar-refractivity contribution in [2.24, 2.45) is 0 Å². The Balaban J connectivity index is 1.96. The van der Waals surface area contributed by atoms with Gasteiger partial charge in [0.25, 0.3) is 0 Å². The van der Waals surface area contributed by atoms with E-state index in [1.54, 1.807) is 11.3 Å². The van der Waals surface area contributed by atoms with Crippen molar-refractivity contribution in [2.75, 3.05) is 5.32 Å². The number of aromatic nitrogens is 2. The maximum Gasteiger partial charge on any atom is 0.445 e. The van der Waals surface area contributed by atoms with Crippen LogP contribution in [0.3, 0.4) is 0 Å². The lowest BCUT2D eigenvalue weighted by Crippen LogP contribution is -2.03. The lowest BCUT2D eigenvalue weighted by atomic mass is 10.4. The highest BCUT2D eigenvalue weighted by molar-refractivity contribution is 7.15. The van der Waals surface area contributed by atoms with Crippen molar-refractivity contribution in [3.05, 3.63) is 26.9 Å². The monoisotopic (exact) mass is 293 g/mol. The summed E-state index contributed by atoms with van der Waals surface area (Å²) in [5.41, 5.74) is 0. The standard InChI is InChI=1S/C10H10F3N3S2/c1-2-6-3-4-7(17-6)5-14-9-16-15-8(18-9)10(11,12)13/h3-4H,2,5H2,1H3,(H,14,16). The molecule has 0 amide bonds. The molecule has 0 aliphatic carbocycles. The number of aryl methyl sites for hydroxylation is 1. The average Bonchev–Trinajstić information content (AvgIpc) is 2.94. The zero-order valence-corrected chi connectivity index (χ0v) is 11.0. The summed E-state index contributed by atoms with van der Waals surface area (Å²) in [6, 6.07) is 3.98. The van der Waals surface area contributed by atoms with E-state index in [0.29, 0.717) is 17.9 Å². The largest absolute Gasteiger partial charge is 0.445 e.